The minimum Gasteiger partial charge on any atom is -0.396 e. The van der Waals surface area contributed by atoms with E-state index in [1.54, 1.807) is 6.07 Å². The number of nitrogens with one attached hydrogen (secondary N) is 1. The van der Waals surface area contributed by atoms with Crippen LogP contribution in [0.2, 0.25) is 0 Å². The number of halogens is 1. The molecule has 182 valence electrons. The Morgan fingerprint density at radius 3 is 2.69 bits per heavy atom. The number of hydrogen-bond acceptors (Lipinski definition) is 6. The van der Waals surface area contributed by atoms with Crippen LogP contribution in [-0.4, -0.2) is 35.4 Å². The molecule has 0 saturated carbocycles. The highest BCUT2D eigenvalue weighted by atomic mass is 19.1. The van der Waals surface area contributed by atoms with Gasteiger partial charge >= 0.3 is 0 Å². The number of hydrogen-bond donors (Lipinski definition) is 2. The van der Waals surface area contributed by atoms with E-state index in [-0.39, 0.29) is 17.7 Å². The number of oxime groups is 1. The largest absolute Gasteiger partial charge is 0.396 e. The smallest absolute Gasteiger partial charge is 0.220 e. The fraction of sp³-hybridized carbons (Fsp3) is 0.393. The summed E-state index contributed by atoms with van der Waals surface area (Å²) in [6.45, 7) is 4.69. The lowest BCUT2D eigenvalue weighted by Gasteiger charge is -2.28. The van der Waals surface area contributed by atoms with Crippen molar-refractivity contribution < 1.29 is 9.23 Å². The molecule has 1 unspecified atom stereocenters. The Morgan fingerprint density at radius 2 is 1.89 bits per heavy atom. The SMILES string of the molecule is Cc1nc(N)nc2c1/C(=N/OCCC1CCNCC1)CC(c1ccc(F)cc1-c1ccccc1)C2. The van der Waals surface area contributed by atoms with Gasteiger partial charge in [0.1, 0.15) is 12.4 Å². The molecule has 2 aliphatic rings. The second-order valence-corrected chi connectivity index (χ2v) is 9.54. The molecule has 5 rings (SSSR count). The molecular formula is C28H32FN5O. The third kappa shape index (κ3) is 5.35. The van der Waals surface area contributed by atoms with Crippen molar-refractivity contribution in [1.82, 2.24) is 15.3 Å². The molecule has 1 aliphatic heterocycles. The zero-order valence-corrected chi connectivity index (χ0v) is 20.1. The second-order valence-electron chi connectivity index (χ2n) is 9.54. The summed E-state index contributed by atoms with van der Waals surface area (Å²) in [5.74, 6) is 0.760. The zero-order valence-electron chi connectivity index (χ0n) is 20.1. The first kappa shape index (κ1) is 23.4. The monoisotopic (exact) mass is 473 g/mol. The molecule has 3 aromatic rings. The van der Waals surface area contributed by atoms with Gasteiger partial charge in [0.2, 0.25) is 5.95 Å². The van der Waals surface area contributed by atoms with E-state index in [1.165, 1.54) is 18.9 Å². The van der Waals surface area contributed by atoms with Crippen LogP contribution in [0.5, 0.6) is 0 Å². The lowest BCUT2D eigenvalue weighted by Crippen LogP contribution is -2.28. The molecule has 0 radical (unpaired) electrons. The first-order chi connectivity index (χ1) is 17.1. The van der Waals surface area contributed by atoms with Gasteiger partial charge in [-0.15, -0.1) is 0 Å². The summed E-state index contributed by atoms with van der Waals surface area (Å²) in [4.78, 5) is 14.8. The van der Waals surface area contributed by atoms with Crippen LogP contribution in [0.15, 0.2) is 53.7 Å². The summed E-state index contributed by atoms with van der Waals surface area (Å²) in [6, 6.07) is 15.0. The number of nitrogen functional groups attached to an aromatic ring is 1. The molecule has 0 spiro atoms. The number of aryl methyl sites for hydroxylation is 1. The van der Waals surface area contributed by atoms with E-state index < -0.39 is 0 Å². The van der Waals surface area contributed by atoms with Gasteiger partial charge in [0, 0.05) is 12.0 Å². The molecule has 1 aliphatic carbocycles. The third-order valence-corrected chi connectivity index (χ3v) is 7.14. The van der Waals surface area contributed by atoms with Crippen LogP contribution in [0.25, 0.3) is 11.1 Å². The molecule has 7 heteroatoms. The van der Waals surface area contributed by atoms with E-state index in [0.717, 1.165) is 58.9 Å². The maximum Gasteiger partial charge on any atom is 0.220 e. The molecule has 35 heavy (non-hydrogen) atoms. The summed E-state index contributed by atoms with van der Waals surface area (Å²) in [5.41, 5.74) is 12.4. The average molecular weight is 474 g/mol. The van der Waals surface area contributed by atoms with E-state index in [2.05, 4.69) is 20.4 Å². The van der Waals surface area contributed by atoms with Crippen LogP contribution < -0.4 is 11.1 Å². The predicted octanol–water partition coefficient (Wildman–Crippen LogP) is 5.01. The number of anilines is 1. The predicted molar refractivity (Wildman–Crippen MR) is 137 cm³/mol. The lowest BCUT2D eigenvalue weighted by atomic mass is 9.78. The van der Waals surface area contributed by atoms with Crippen molar-refractivity contribution >= 4 is 11.7 Å². The van der Waals surface area contributed by atoms with Crippen molar-refractivity contribution in [2.75, 3.05) is 25.4 Å². The van der Waals surface area contributed by atoms with Crippen molar-refractivity contribution in [3.8, 4) is 11.1 Å². The van der Waals surface area contributed by atoms with E-state index in [4.69, 9.17) is 10.6 Å². The van der Waals surface area contributed by atoms with E-state index in [9.17, 15) is 4.39 Å². The molecule has 0 amide bonds. The molecule has 1 aromatic heterocycles. The Morgan fingerprint density at radius 1 is 1.09 bits per heavy atom. The maximum atomic E-state index is 14.3. The fourth-order valence-corrected chi connectivity index (χ4v) is 5.39. The molecule has 0 bridgehead atoms. The van der Waals surface area contributed by atoms with Crippen LogP contribution in [0, 0.1) is 18.7 Å². The Labute approximate surface area is 205 Å². The van der Waals surface area contributed by atoms with Gasteiger partial charge in [0.15, 0.2) is 0 Å². The van der Waals surface area contributed by atoms with E-state index in [1.807, 2.05) is 43.3 Å². The number of aromatic nitrogens is 2. The molecule has 6 nitrogen and oxygen atoms in total. The number of piperidine rings is 1. The molecule has 1 fully saturated rings. The molecule has 1 saturated heterocycles. The first-order valence-corrected chi connectivity index (χ1v) is 12.5. The lowest BCUT2D eigenvalue weighted by molar-refractivity contribution is 0.122. The van der Waals surface area contributed by atoms with Crippen molar-refractivity contribution in [3.63, 3.8) is 0 Å². The van der Waals surface area contributed by atoms with Crippen LogP contribution in [0.1, 0.15) is 54.1 Å². The van der Waals surface area contributed by atoms with Crippen LogP contribution in [0.3, 0.4) is 0 Å². The third-order valence-electron chi connectivity index (χ3n) is 7.14. The minimum absolute atomic E-state index is 0.0683. The summed E-state index contributed by atoms with van der Waals surface area (Å²) < 4.78 is 14.3. The van der Waals surface area contributed by atoms with Crippen LogP contribution in [-0.2, 0) is 11.3 Å². The normalized spacial score (nSPS) is 19.5. The number of benzene rings is 2. The van der Waals surface area contributed by atoms with Gasteiger partial charge in [-0.1, -0.05) is 41.6 Å². The average Bonchev–Trinajstić information content (AvgIpc) is 2.87. The highest BCUT2D eigenvalue weighted by molar-refractivity contribution is 6.03. The molecule has 3 N–H and O–H groups in total. The molecule has 2 aromatic carbocycles. The number of nitrogens with zero attached hydrogens (tertiary/aromatic N) is 3. The van der Waals surface area contributed by atoms with Gasteiger partial charge in [-0.3, -0.25) is 0 Å². The van der Waals surface area contributed by atoms with Crippen molar-refractivity contribution in [2.24, 2.45) is 11.1 Å². The molecule has 1 atom stereocenters. The van der Waals surface area contributed by atoms with Gasteiger partial charge < -0.3 is 15.9 Å². The van der Waals surface area contributed by atoms with Crippen LogP contribution >= 0.6 is 0 Å². The highest BCUT2D eigenvalue weighted by Crippen LogP contribution is 2.38. The zero-order chi connectivity index (χ0) is 24.2. The maximum absolute atomic E-state index is 14.3. The Bertz CT molecular complexity index is 1210. The van der Waals surface area contributed by atoms with Crippen molar-refractivity contribution in [2.45, 2.75) is 44.9 Å². The standard InChI is InChI=1S/C28H32FN5O/c1-18-27-25(33-28(30)32-18)15-21(16-26(27)34-35-14-11-19-9-12-31-13-10-19)23-8-7-22(29)17-24(23)20-5-3-2-4-6-20/h2-8,17,19,21,31H,9-16H2,1H3,(H2,30,32,33)/b34-26+. The summed E-state index contributed by atoms with van der Waals surface area (Å²) in [6.07, 6.45) is 4.72. The van der Waals surface area contributed by atoms with Crippen molar-refractivity contribution in [3.05, 3.63) is 76.9 Å². The molecule has 2 heterocycles. The van der Waals surface area contributed by atoms with E-state index in [0.29, 0.717) is 25.4 Å². The summed E-state index contributed by atoms with van der Waals surface area (Å²) in [7, 11) is 0. The Balaban J connectivity index is 1.45. The Hall–Kier alpha value is -3.32. The molecular weight excluding hydrogens is 441 g/mol. The fourth-order valence-electron chi connectivity index (χ4n) is 5.39. The number of nitrogens with two attached hydrogens (primary N) is 1. The van der Waals surface area contributed by atoms with Gasteiger partial charge in [-0.05, 0) is 86.4 Å². The second kappa shape index (κ2) is 10.5. The van der Waals surface area contributed by atoms with Gasteiger partial charge in [-0.25, -0.2) is 14.4 Å². The van der Waals surface area contributed by atoms with Gasteiger partial charge in [0.25, 0.3) is 0 Å². The number of fused-ring (bicyclic) bond motifs is 1. The number of rotatable bonds is 6. The topological polar surface area (TPSA) is 85.4 Å². The van der Waals surface area contributed by atoms with Crippen LogP contribution in [0.4, 0.5) is 10.3 Å². The Kier molecular flexibility index (Phi) is 7.04. The van der Waals surface area contributed by atoms with Crippen molar-refractivity contribution in [1.29, 1.82) is 0 Å². The van der Waals surface area contributed by atoms with Gasteiger partial charge in [-0.2, -0.15) is 0 Å². The highest BCUT2D eigenvalue weighted by Gasteiger charge is 2.30. The first-order valence-electron chi connectivity index (χ1n) is 12.5. The van der Waals surface area contributed by atoms with E-state index >= 15 is 0 Å². The minimum atomic E-state index is -0.249. The summed E-state index contributed by atoms with van der Waals surface area (Å²) >= 11 is 0. The van der Waals surface area contributed by atoms with Gasteiger partial charge in [0.05, 0.1) is 17.1 Å². The summed E-state index contributed by atoms with van der Waals surface area (Å²) in [5, 5.41) is 8.00. The quantitative estimate of drug-likeness (QED) is 0.388.